The summed E-state index contributed by atoms with van der Waals surface area (Å²) in [6, 6.07) is 14.4. The van der Waals surface area contributed by atoms with Gasteiger partial charge >= 0.3 is 0 Å². The van der Waals surface area contributed by atoms with Crippen LogP contribution in [0.1, 0.15) is 16.8 Å². The standard InChI is InChI=1S/C24H27ClN4O3/c1-28-22(9-10-26-28)21-17-20(27-24(30)18-3-5-19(25)6-4-18)7-8-23(21)32-14-2-11-29-12-15-31-16-13-29/h3-10,17H,2,11-16H2,1H3,(H,27,30). The Morgan fingerprint density at radius 3 is 2.66 bits per heavy atom. The van der Waals surface area contributed by atoms with Gasteiger partial charge in [0.05, 0.1) is 25.5 Å². The number of amides is 1. The van der Waals surface area contributed by atoms with Gasteiger partial charge in [0.25, 0.3) is 5.91 Å². The number of hydrogen-bond acceptors (Lipinski definition) is 5. The summed E-state index contributed by atoms with van der Waals surface area (Å²) in [5, 5.41) is 7.82. The average molecular weight is 455 g/mol. The Bertz CT molecular complexity index is 1050. The summed E-state index contributed by atoms with van der Waals surface area (Å²) < 4.78 is 13.3. The van der Waals surface area contributed by atoms with Gasteiger partial charge in [0.1, 0.15) is 5.75 Å². The van der Waals surface area contributed by atoms with Gasteiger partial charge < -0.3 is 14.8 Å². The molecule has 168 valence electrons. The highest BCUT2D eigenvalue weighted by molar-refractivity contribution is 6.30. The Kier molecular flexibility index (Phi) is 7.42. The molecule has 0 saturated carbocycles. The number of anilines is 1. The molecule has 1 saturated heterocycles. The van der Waals surface area contributed by atoms with E-state index in [4.69, 9.17) is 21.1 Å². The van der Waals surface area contributed by atoms with Crippen molar-refractivity contribution in [2.45, 2.75) is 6.42 Å². The van der Waals surface area contributed by atoms with Crippen LogP contribution in [0.2, 0.25) is 5.02 Å². The number of aryl methyl sites for hydroxylation is 1. The van der Waals surface area contributed by atoms with Crippen LogP contribution < -0.4 is 10.1 Å². The minimum Gasteiger partial charge on any atom is -0.493 e. The summed E-state index contributed by atoms with van der Waals surface area (Å²) in [6.07, 6.45) is 2.68. The quantitative estimate of drug-likeness (QED) is 0.519. The maximum atomic E-state index is 12.6. The second kappa shape index (κ2) is 10.6. The molecule has 1 fully saturated rings. The third-order valence-corrected chi connectivity index (χ3v) is 5.67. The zero-order chi connectivity index (χ0) is 22.3. The summed E-state index contributed by atoms with van der Waals surface area (Å²) in [5.41, 5.74) is 3.02. The van der Waals surface area contributed by atoms with E-state index in [2.05, 4.69) is 15.3 Å². The van der Waals surface area contributed by atoms with Crippen LogP contribution in [-0.2, 0) is 11.8 Å². The number of ether oxygens (including phenoxy) is 2. The number of benzene rings is 2. The van der Waals surface area contributed by atoms with E-state index >= 15 is 0 Å². The lowest BCUT2D eigenvalue weighted by Gasteiger charge is -2.26. The fraction of sp³-hybridized carbons (Fsp3) is 0.333. The summed E-state index contributed by atoms with van der Waals surface area (Å²) >= 11 is 5.92. The van der Waals surface area contributed by atoms with E-state index in [0.29, 0.717) is 22.9 Å². The van der Waals surface area contributed by atoms with Crippen molar-refractivity contribution in [3.05, 3.63) is 65.3 Å². The SMILES string of the molecule is Cn1nccc1-c1cc(NC(=O)c2ccc(Cl)cc2)ccc1OCCCN1CCOCC1. The van der Waals surface area contributed by atoms with E-state index in [1.807, 2.05) is 31.3 Å². The van der Waals surface area contributed by atoms with Gasteiger partial charge in [-0.3, -0.25) is 14.4 Å². The zero-order valence-electron chi connectivity index (χ0n) is 18.1. The van der Waals surface area contributed by atoms with Gasteiger partial charge in [-0.15, -0.1) is 0 Å². The highest BCUT2D eigenvalue weighted by Crippen LogP contribution is 2.32. The fourth-order valence-corrected chi connectivity index (χ4v) is 3.80. The van der Waals surface area contributed by atoms with E-state index in [9.17, 15) is 4.79 Å². The Morgan fingerprint density at radius 2 is 1.94 bits per heavy atom. The maximum Gasteiger partial charge on any atom is 0.255 e. The molecule has 0 unspecified atom stereocenters. The predicted molar refractivity (Wildman–Crippen MR) is 125 cm³/mol. The van der Waals surface area contributed by atoms with Gasteiger partial charge in [-0.25, -0.2) is 0 Å². The molecule has 0 radical (unpaired) electrons. The Morgan fingerprint density at radius 1 is 1.16 bits per heavy atom. The van der Waals surface area contributed by atoms with Crippen LogP contribution in [0.25, 0.3) is 11.3 Å². The molecule has 32 heavy (non-hydrogen) atoms. The van der Waals surface area contributed by atoms with Crippen LogP contribution in [0.3, 0.4) is 0 Å². The van der Waals surface area contributed by atoms with Crippen LogP contribution in [-0.4, -0.2) is 60.0 Å². The summed E-state index contributed by atoms with van der Waals surface area (Å²) in [4.78, 5) is 15.0. The minimum absolute atomic E-state index is 0.197. The number of carbonyl (C=O) groups is 1. The van der Waals surface area contributed by atoms with Crippen LogP contribution in [0.4, 0.5) is 5.69 Å². The molecule has 0 bridgehead atoms. The molecule has 2 heterocycles. The number of morpholine rings is 1. The first-order valence-corrected chi connectivity index (χ1v) is 11.1. The van der Waals surface area contributed by atoms with Gasteiger partial charge in [0, 0.05) is 54.7 Å². The first-order valence-electron chi connectivity index (χ1n) is 10.7. The van der Waals surface area contributed by atoms with Gasteiger partial charge in [-0.05, 0) is 55.0 Å². The Balaban J connectivity index is 1.46. The Labute approximate surface area is 192 Å². The average Bonchev–Trinajstić information content (AvgIpc) is 3.24. The van der Waals surface area contributed by atoms with Crippen molar-refractivity contribution >= 4 is 23.2 Å². The fourth-order valence-electron chi connectivity index (χ4n) is 3.67. The normalized spacial score (nSPS) is 14.3. The van der Waals surface area contributed by atoms with Crippen LogP contribution in [0.15, 0.2) is 54.7 Å². The van der Waals surface area contributed by atoms with Crippen molar-refractivity contribution < 1.29 is 14.3 Å². The lowest BCUT2D eigenvalue weighted by molar-refractivity contribution is 0.0358. The lowest BCUT2D eigenvalue weighted by atomic mass is 10.1. The third kappa shape index (κ3) is 5.68. The summed E-state index contributed by atoms with van der Waals surface area (Å²) in [7, 11) is 1.89. The third-order valence-electron chi connectivity index (χ3n) is 5.42. The topological polar surface area (TPSA) is 68.6 Å². The summed E-state index contributed by atoms with van der Waals surface area (Å²) in [5.74, 6) is 0.567. The molecule has 3 aromatic rings. The first kappa shape index (κ1) is 22.3. The number of rotatable bonds is 8. The van der Waals surface area contributed by atoms with Crippen molar-refractivity contribution in [1.82, 2.24) is 14.7 Å². The van der Waals surface area contributed by atoms with Crippen molar-refractivity contribution in [3.63, 3.8) is 0 Å². The Hall–Kier alpha value is -2.87. The van der Waals surface area contributed by atoms with Crippen LogP contribution in [0.5, 0.6) is 5.75 Å². The highest BCUT2D eigenvalue weighted by atomic mass is 35.5. The molecule has 4 rings (SSSR count). The number of hydrogen-bond donors (Lipinski definition) is 1. The molecule has 1 aliphatic rings. The van der Waals surface area contributed by atoms with E-state index in [-0.39, 0.29) is 5.91 Å². The van der Waals surface area contributed by atoms with Crippen molar-refractivity contribution in [1.29, 1.82) is 0 Å². The highest BCUT2D eigenvalue weighted by Gasteiger charge is 2.14. The first-order chi connectivity index (χ1) is 15.6. The molecule has 7 nitrogen and oxygen atoms in total. The molecule has 0 atom stereocenters. The van der Waals surface area contributed by atoms with Crippen molar-refractivity contribution in [3.8, 4) is 17.0 Å². The molecule has 8 heteroatoms. The molecule has 1 aliphatic heterocycles. The monoisotopic (exact) mass is 454 g/mol. The second-order valence-electron chi connectivity index (χ2n) is 7.67. The van der Waals surface area contributed by atoms with Crippen LogP contribution >= 0.6 is 11.6 Å². The predicted octanol–water partition coefficient (Wildman–Crippen LogP) is 4.09. The van der Waals surface area contributed by atoms with E-state index in [0.717, 1.165) is 56.3 Å². The molecular weight excluding hydrogens is 428 g/mol. The molecule has 1 aromatic heterocycles. The van der Waals surface area contributed by atoms with Gasteiger partial charge in [-0.2, -0.15) is 5.10 Å². The second-order valence-corrected chi connectivity index (χ2v) is 8.10. The zero-order valence-corrected chi connectivity index (χ0v) is 18.8. The molecule has 2 aromatic carbocycles. The maximum absolute atomic E-state index is 12.6. The lowest BCUT2D eigenvalue weighted by Crippen LogP contribution is -2.37. The van der Waals surface area contributed by atoms with E-state index in [1.54, 1.807) is 35.1 Å². The number of carbonyl (C=O) groups excluding carboxylic acids is 1. The summed E-state index contributed by atoms with van der Waals surface area (Å²) in [6.45, 7) is 5.15. The smallest absolute Gasteiger partial charge is 0.255 e. The number of halogens is 1. The number of nitrogens with zero attached hydrogens (tertiary/aromatic N) is 3. The van der Waals surface area contributed by atoms with Gasteiger partial charge in [0.15, 0.2) is 0 Å². The van der Waals surface area contributed by atoms with Gasteiger partial charge in [0.2, 0.25) is 0 Å². The molecule has 0 aliphatic carbocycles. The molecule has 0 spiro atoms. The van der Waals surface area contributed by atoms with Gasteiger partial charge in [-0.1, -0.05) is 11.6 Å². The largest absolute Gasteiger partial charge is 0.493 e. The number of nitrogens with one attached hydrogen (secondary N) is 1. The minimum atomic E-state index is -0.197. The van der Waals surface area contributed by atoms with E-state index in [1.165, 1.54) is 0 Å². The molecule has 1 amide bonds. The molecule has 1 N–H and O–H groups in total. The van der Waals surface area contributed by atoms with Crippen molar-refractivity contribution in [2.24, 2.45) is 7.05 Å². The molecular formula is C24H27ClN4O3. The number of aromatic nitrogens is 2. The van der Waals surface area contributed by atoms with Crippen molar-refractivity contribution in [2.75, 3.05) is 44.8 Å². The van der Waals surface area contributed by atoms with Crippen LogP contribution in [0, 0.1) is 0 Å². The van der Waals surface area contributed by atoms with E-state index < -0.39 is 0 Å².